The smallest absolute Gasteiger partial charge is 0.223 e. The van der Waals surface area contributed by atoms with Crippen LogP contribution in [0.5, 0.6) is 0 Å². The van der Waals surface area contributed by atoms with Crippen molar-refractivity contribution in [2.24, 2.45) is 0 Å². The average molecular weight is 356 g/mol. The molecule has 0 amide bonds. The highest BCUT2D eigenvalue weighted by Crippen LogP contribution is 2.31. The second-order valence-electron chi connectivity index (χ2n) is 6.91. The number of para-hydroxylation sites is 1. The van der Waals surface area contributed by atoms with Gasteiger partial charge in [0.1, 0.15) is 0 Å². The van der Waals surface area contributed by atoms with E-state index in [1.165, 1.54) is 0 Å². The first-order valence-electron chi connectivity index (χ1n) is 8.72. The molecule has 2 aromatic heterocycles. The Hall–Kier alpha value is -2.11. The van der Waals surface area contributed by atoms with E-state index in [4.69, 9.17) is 16.6 Å². The highest BCUT2D eigenvalue weighted by molar-refractivity contribution is 6.35. The van der Waals surface area contributed by atoms with E-state index in [-0.39, 0.29) is 0 Å². The van der Waals surface area contributed by atoms with Crippen LogP contribution in [0.25, 0.3) is 22.2 Å². The molecule has 1 saturated heterocycles. The third kappa shape index (κ3) is 3.34. The summed E-state index contributed by atoms with van der Waals surface area (Å²) in [4.78, 5) is 12.4. The van der Waals surface area contributed by atoms with E-state index in [2.05, 4.69) is 40.5 Å². The summed E-state index contributed by atoms with van der Waals surface area (Å²) in [6.45, 7) is 4.44. The number of H-pyrrole nitrogens is 1. The molecule has 0 radical (unpaired) electrons. The summed E-state index contributed by atoms with van der Waals surface area (Å²) in [6.07, 6.45) is 5.90. The maximum atomic E-state index is 6.26. The van der Waals surface area contributed by atoms with Gasteiger partial charge in [0.25, 0.3) is 0 Å². The van der Waals surface area contributed by atoms with Crippen LogP contribution < -0.4 is 10.6 Å². The van der Waals surface area contributed by atoms with Crippen molar-refractivity contribution in [3.8, 4) is 11.3 Å². The molecule has 0 saturated carbocycles. The molecule has 0 aliphatic carbocycles. The molecule has 0 bridgehead atoms. The van der Waals surface area contributed by atoms with Crippen molar-refractivity contribution >= 4 is 28.5 Å². The Kier molecular flexibility index (Phi) is 4.36. The highest BCUT2D eigenvalue weighted by Gasteiger charge is 2.23. The summed E-state index contributed by atoms with van der Waals surface area (Å²) in [6, 6.07) is 9.22. The molecule has 1 aromatic carbocycles. The van der Waals surface area contributed by atoms with Gasteiger partial charge in [-0.1, -0.05) is 23.7 Å². The number of aromatic amines is 1. The topological polar surface area (TPSA) is 65.6 Å². The first kappa shape index (κ1) is 16.4. The minimum absolute atomic E-state index is 0.388. The molecule has 2 unspecified atom stereocenters. The van der Waals surface area contributed by atoms with Crippen LogP contribution in [0.2, 0.25) is 5.02 Å². The van der Waals surface area contributed by atoms with Gasteiger partial charge in [-0.3, -0.25) is 0 Å². The van der Waals surface area contributed by atoms with Gasteiger partial charge >= 0.3 is 0 Å². The lowest BCUT2D eigenvalue weighted by atomic mass is 9.95. The number of nitrogens with zero attached hydrogens (tertiary/aromatic N) is 2. The number of benzene rings is 1. The first-order valence-corrected chi connectivity index (χ1v) is 9.09. The van der Waals surface area contributed by atoms with Crippen LogP contribution in [-0.2, 0) is 0 Å². The largest absolute Gasteiger partial charge is 0.359 e. The number of hydrogen-bond acceptors (Lipinski definition) is 4. The Morgan fingerprint density at radius 1 is 1.16 bits per heavy atom. The van der Waals surface area contributed by atoms with E-state index in [9.17, 15) is 0 Å². The Morgan fingerprint density at radius 2 is 1.96 bits per heavy atom. The summed E-state index contributed by atoms with van der Waals surface area (Å²) in [5.74, 6) is 0.681. The van der Waals surface area contributed by atoms with Crippen LogP contribution in [0.4, 0.5) is 5.95 Å². The molecule has 5 nitrogen and oxygen atoms in total. The van der Waals surface area contributed by atoms with E-state index >= 15 is 0 Å². The molecule has 6 heteroatoms. The fourth-order valence-corrected chi connectivity index (χ4v) is 4.01. The molecule has 1 aliphatic heterocycles. The molecular formula is C19H22ClN5. The molecule has 4 rings (SSSR count). The van der Waals surface area contributed by atoms with Crippen molar-refractivity contribution in [2.45, 2.75) is 44.8 Å². The number of halogens is 1. The van der Waals surface area contributed by atoms with Crippen molar-refractivity contribution in [3.05, 3.63) is 41.7 Å². The number of anilines is 1. The minimum atomic E-state index is 0.388. The molecule has 3 heterocycles. The number of rotatable bonds is 3. The van der Waals surface area contributed by atoms with E-state index in [1.807, 2.05) is 30.6 Å². The zero-order valence-electron chi connectivity index (χ0n) is 14.4. The number of fused-ring (bicyclic) bond motifs is 1. The fourth-order valence-electron chi connectivity index (χ4n) is 3.78. The molecule has 0 spiro atoms. The summed E-state index contributed by atoms with van der Waals surface area (Å²) in [5.41, 5.74) is 2.87. The van der Waals surface area contributed by atoms with E-state index in [0.29, 0.717) is 29.1 Å². The molecule has 3 N–H and O–H groups in total. The van der Waals surface area contributed by atoms with Crippen molar-refractivity contribution in [1.29, 1.82) is 0 Å². The summed E-state index contributed by atoms with van der Waals surface area (Å²) < 4.78 is 0. The molecule has 1 fully saturated rings. The monoisotopic (exact) mass is 355 g/mol. The van der Waals surface area contributed by atoms with Gasteiger partial charge in [-0.2, -0.15) is 0 Å². The second-order valence-corrected chi connectivity index (χ2v) is 7.32. The van der Waals surface area contributed by atoms with Crippen LogP contribution in [0.3, 0.4) is 0 Å². The first-order chi connectivity index (χ1) is 12.1. The van der Waals surface area contributed by atoms with E-state index in [0.717, 1.165) is 35.0 Å². The molecule has 2 atom stereocenters. The van der Waals surface area contributed by atoms with Crippen molar-refractivity contribution in [2.75, 3.05) is 5.32 Å². The zero-order valence-corrected chi connectivity index (χ0v) is 15.1. The van der Waals surface area contributed by atoms with Crippen LogP contribution in [0.15, 0.2) is 36.7 Å². The molecular weight excluding hydrogens is 334 g/mol. The molecule has 1 aliphatic rings. The third-order valence-electron chi connectivity index (χ3n) is 4.77. The number of piperidine rings is 1. The quantitative estimate of drug-likeness (QED) is 0.658. The van der Waals surface area contributed by atoms with E-state index in [1.54, 1.807) is 0 Å². The van der Waals surface area contributed by atoms with Gasteiger partial charge in [0, 0.05) is 41.5 Å². The zero-order chi connectivity index (χ0) is 17.4. The predicted molar refractivity (Wildman–Crippen MR) is 103 cm³/mol. The van der Waals surface area contributed by atoms with Gasteiger partial charge in [0.2, 0.25) is 5.95 Å². The van der Waals surface area contributed by atoms with Gasteiger partial charge < -0.3 is 15.6 Å². The maximum absolute atomic E-state index is 6.26. The number of hydrogen-bond donors (Lipinski definition) is 3. The van der Waals surface area contributed by atoms with Gasteiger partial charge in [-0.25, -0.2) is 9.97 Å². The van der Waals surface area contributed by atoms with Crippen LogP contribution in [0, 0.1) is 0 Å². The van der Waals surface area contributed by atoms with Crippen molar-refractivity contribution < 1.29 is 0 Å². The standard InChI is InChI=1S/C19H22ClN5/c1-11-8-13(9-12(2)23-11)24-19-21-7-6-17(25-19)15-10-22-18-14(15)4-3-5-16(18)20/h3-7,10-13,22-23H,8-9H2,1-2H3,(H,21,24,25). The van der Waals surface area contributed by atoms with Crippen LogP contribution >= 0.6 is 11.6 Å². The van der Waals surface area contributed by atoms with Crippen LogP contribution in [-0.4, -0.2) is 33.1 Å². The van der Waals surface area contributed by atoms with Gasteiger partial charge in [-0.05, 0) is 38.8 Å². The lowest BCUT2D eigenvalue weighted by Crippen LogP contribution is -2.46. The third-order valence-corrected chi connectivity index (χ3v) is 5.09. The van der Waals surface area contributed by atoms with Gasteiger partial charge in [0.05, 0.1) is 16.2 Å². The Morgan fingerprint density at radius 3 is 2.76 bits per heavy atom. The summed E-state index contributed by atoms with van der Waals surface area (Å²) in [5, 5.41) is 8.85. The predicted octanol–water partition coefficient (Wildman–Crippen LogP) is 4.22. The van der Waals surface area contributed by atoms with E-state index < -0.39 is 0 Å². The van der Waals surface area contributed by atoms with Crippen molar-refractivity contribution in [1.82, 2.24) is 20.3 Å². The second kappa shape index (κ2) is 6.65. The summed E-state index contributed by atoms with van der Waals surface area (Å²) in [7, 11) is 0. The number of nitrogens with one attached hydrogen (secondary N) is 3. The summed E-state index contributed by atoms with van der Waals surface area (Å²) >= 11 is 6.26. The van der Waals surface area contributed by atoms with Crippen molar-refractivity contribution in [3.63, 3.8) is 0 Å². The Balaban J connectivity index is 1.62. The lowest BCUT2D eigenvalue weighted by molar-refractivity contribution is 0.329. The SMILES string of the molecule is CC1CC(Nc2nccc(-c3c[nH]c4c(Cl)cccc34)n2)CC(C)N1. The molecule has 3 aromatic rings. The maximum Gasteiger partial charge on any atom is 0.223 e. The molecule has 130 valence electrons. The van der Waals surface area contributed by atoms with Crippen LogP contribution in [0.1, 0.15) is 26.7 Å². The Bertz CT molecular complexity index is 880. The van der Waals surface area contributed by atoms with Gasteiger partial charge in [0.15, 0.2) is 0 Å². The average Bonchev–Trinajstić information content (AvgIpc) is 2.99. The molecule has 25 heavy (non-hydrogen) atoms. The Labute approximate surface area is 152 Å². The normalized spacial score (nSPS) is 23.7. The minimum Gasteiger partial charge on any atom is -0.359 e. The van der Waals surface area contributed by atoms with Gasteiger partial charge in [-0.15, -0.1) is 0 Å². The fraction of sp³-hybridized carbons (Fsp3) is 0.368. The lowest BCUT2D eigenvalue weighted by Gasteiger charge is -2.33. The highest BCUT2D eigenvalue weighted by atomic mass is 35.5. The number of aromatic nitrogens is 3.